The number of carbonyl (C=O) groups excluding carboxylic acids is 1. The minimum atomic E-state index is -4.97. The van der Waals surface area contributed by atoms with E-state index in [0.29, 0.717) is 0 Å². The molecule has 160 valence electrons. The van der Waals surface area contributed by atoms with Crippen LogP contribution in [0.25, 0.3) is 0 Å². The first-order chi connectivity index (χ1) is 12.0. The van der Waals surface area contributed by atoms with Gasteiger partial charge in [-0.3, -0.25) is 4.79 Å². The van der Waals surface area contributed by atoms with Crippen molar-refractivity contribution in [1.29, 1.82) is 0 Å². The lowest BCUT2D eigenvalue weighted by Crippen LogP contribution is -2.43. The fourth-order valence-electron chi connectivity index (χ4n) is 1.02. The highest BCUT2D eigenvalue weighted by Gasteiger charge is 2.52. The Hall–Kier alpha value is -1.95. The molecule has 0 spiro atoms. The van der Waals surface area contributed by atoms with Gasteiger partial charge in [-0.05, 0) is 13.0 Å². The van der Waals surface area contributed by atoms with Crippen molar-refractivity contribution in [3.05, 3.63) is 11.6 Å². The Bertz CT molecular complexity index is 509. The summed E-state index contributed by atoms with van der Waals surface area (Å²) < 4.78 is 112. The van der Waals surface area contributed by atoms with Crippen LogP contribution in [0.3, 0.4) is 0 Å². The van der Waals surface area contributed by atoms with E-state index >= 15 is 0 Å². The third-order valence-electron chi connectivity index (χ3n) is 2.59. The first kappa shape index (κ1) is 27.3. The predicted molar refractivity (Wildman–Crippen MR) is 74.0 cm³/mol. The molecule has 0 radical (unpaired) electrons. The molecular weight excluding hydrogens is 403 g/mol. The largest absolute Gasteiger partial charge is 0.478 e. The van der Waals surface area contributed by atoms with Crippen molar-refractivity contribution in [2.75, 3.05) is 0 Å². The average Bonchev–Trinajstić information content (AvgIpc) is 2.53. The Morgan fingerprint density at radius 1 is 0.963 bits per heavy atom. The molecule has 0 amide bonds. The normalized spacial score (nSPS) is 15.9. The number of aliphatic carboxylic acids is 1. The number of alkyl halides is 9. The van der Waals surface area contributed by atoms with Gasteiger partial charge in [0.05, 0.1) is 5.92 Å². The van der Waals surface area contributed by atoms with Gasteiger partial charge in [0, 0.05) is 5.57 Å². The van der Waals surface area contributed by atoms with Gasteiger partial charge >= 0.3 is 30.6 Å². The molecule has 0 fully saturated rings. The molecule has 0 saturated carbocycles. The van der Waals surface area contributed by atoms with Crippen LogP contribution in [0.5, 0.6) is 0 Å². The second kappa shape index (κ2) is 11.7. The van der Waals surface area contributed by atoms with Gasteiger partial charge in [0.15, 0.2) is 6.17 Å². The number of esters is 1. The number of allylic oxidation sites excluding steroid dienone is 1. The van der Waals surface area contributed by atoms with Crippen LogP contribution in [0.4, 0.5) is 39.5 Å². The molecular formula is C14H17F9O4. The maximum absolute atomic E-state index is 12.7. The molecule has 0 aromatic rings. The molecule has 3 atom stereocenters. The maximum atomic E-state index is 12.7. The smallest absolute Gasteiger partial charge is 0.331 e. The molecule has 0 saturated heterocycles. The van der Waals surface area contributed by atoms with Crippen molar-refractivity contribution in [3.63, 3.8) is 0 Å². The standard InChI is InChI=1S/C8H8F6O2.C6H9F3O2/c1-3(7(15)16)2-4(9)8(13,14)5(10)6(11)12;1-3(2)6(10)11-5(9)4(7)8/h2,4-6H,1H3,(H,15,16);3-5H,1-2H3. The van der Waals surface area contributed by atoms with Crippen LogP contribution >= 0.6 is 0 Å². The maximum Gasteiger partial charge on any atom is 0.331 e. The topological polar surface area (TPSA) is 63.6 Å². The van der Waals surface area contributed by atoms with E-state index in [9.17, 15) is 49.1 Å². The fourth-order valence-corrected chi connectivity index (χ4v) is 1.02. The van der Waals surface area contributed by atoms with E-state index in [2.05, 4.69) is 4.74 Å². The van der Waals surface area contributed by atoms with Crippen LogP contribution < -0.4 is 0 Å². The zero-order valence-corrected chi connectivity index (χ0v) is 14.1. The number of hydrogen-bond acceptors (Lipinski definition) is 3. The zero-order valence-electron chi connectivity index (χ0n) is 14.1. The monoisotopic (exact) mass is 420 g/mol. The molecule has 0 aromatic heterocycles. The van der Waals surface area contributed by atoms with Crippen LogP contribution in [-0.2, 0) is 14.3 Å². The summed E-state index contributed by atoms with van der Waals surface area (Å²) >= 11 is 0. The Balaban J connectivity index is 0. The van der Waals surface area contributed by atoms with Gasteiger partial charge in [0.25, 0.3) is 6.43 Å². The summed E-state index contributed by atoms with van der Waals surface area (Å²) in [5, 5.41) is 8.22. The third-order valence-corrected chi connectivity index (χ3v) is 2.59. The lowest BCUT2D eigenvalue weighted by Gasteiger charge is -2.21. The molecule has 0 aliphatic heterocycles. The number of hydrogen-bond donors (Lipinski definition) is 1. The van der Waals surface area contributed by atoms with Gasteiger partial charge in [-0.25, -0.2) is 31.1 Å². The van der Waals surface area contributed by atoms with Crippen molar-refractivity contribution in [1.82, 2.24) is 0 Å². The third kappa shape index (κ3) is 10.1. The van der Waals surface area contributed by atoms with Gasteiger partial charge in [0.2, 0.25) is 6.17 Å². The minimum Gasteiger partial charge on any atom is -0.478 e. The van der Waals surface area contributed by atoms with Gasteiger partial charge in [-0.2, -0.15) is 13.2 Å². The molecule has 27 heavy (non-hydrogen) atoms. The van der Waals surface area contributed by atoms with Crippen molar-refractivity contribution in [2.24, 2.45) is 5.92 Å². The molecule has 3 unspecified atom stereocenters. The number of carboxylic acids is 1. The number of rotatable bonds is 8. The number of halogens is 9. The average molecular weight is 420 g/mol. The van der Waals surface area contributed by atoms with E-state index in [4.69, 9.17) is 5.11 Å². The van der Waals surface area contributed by atoms with E-state index < -0.39 is 60.9 Å². The summed E-state index contributed by atoms with van der Waals surface area (Å²) in [4.78, 5) is 20.6. The van der Waals surface area contributed by atoms with E-state index in [1.165, 1.54) is 13.8 Å². The number of carboxylic acid groups (broad SMARTS) is 1. The predicted octanol–water partition coefficient (Wildman–Crippen LogP) is 4.34. The summed E-state index contributed by atoms with van der Waals surface area (Å²) in [7, 11) is 0. The second-order valence-corrected chi connectivity index (χ2v) is 5.24. The van der Waals surface area contributed by atoms with Crippen molar-refractivity contribution in [3.8, 4) is 0 Å². The summed E-state index contributed by atoms with van der Waals surface area (Å²) in [6.07, 6.45) is -17.6. The fraction of sp³-hybridized carbons (Fsp3) is 0.714. The van der Waals surface area contributed by atoms with E-state index in [1.807, 2.05) is 0 Å². The first-order valence-electron chi connectivity index (χ1n) is 7.04. The van der Waals surface area contributed by atoms with E-state index in [0.717, 1.165) is 6.92 Å². The Kier molecular flexibility index (Phi) is 11.8. The molecule has 4 nitrogen and oxygen atoms in total. The molecule has 0 heterocycles. The highest BCUT2D eigenvalue weighted by Crippen LogP contribution is 2.32. The molecule has 1 N–H and O–H groups in total. The number of carbonyl (C=O) groups is 2. The van der Waals surface area contributed by atoms with Gasteiger partial charge in [-0.1, -0.05) is 13.8 Å². The molecule has 0 aliphatic carbocycles. The van der Waals surface area contributed by atoms with Gasteiger partial charge in [-0.15, -0.1) is 0 Å². The molecule has 13 heteroatoms. The summed E-state index contributed by atoms with van der Waals surface area (Å²) in [5.74, 6) is -8.22. The van der Waals surface area contributed by atoms with Crippen LogP contribution in [0.2, 0.25) is 0 Å². The van der Waals surface area contributed by atoms with Crippen LogP contribution in [0, 0.1) is 5.92 Å². The Labute approximate surface area is 148 Å². The van der Waals surface area contributed by atoms with Crippen LogP contribution in [0.15, 0.2) is 11.6 Å². The molecule has 0 aliphatic rings. The molecule has 0 aromatic carbocycles. The summed E-state index contributed by atoms with van der Waals surface area (Å²) in [5.41, 5.74) is -0.825. The minimum absolute atomic E-state index is 0.114. The number of ether oxygens (including phenoxy) is 1. The van der Waals surface area contributed by atoms with Gasteiger partial charge < -0.3 is 9.84 Å². The SMILES string of the molecule is CC(=CC(F)C(F)(F)C(F)C(F)F)C(=O)O.CC(C)C(=O)OC(F)C(F)F. The highest BCUT2D eigenvalue weighted by molar-refractivity contribution is 5.85. The molecule has 0 bridgehead atoms. The van der Waals surface area contributed by atoms with E-state index in [1.54, 1.807) is 0 Å². The highest BCUT2D eigenvalue weighted by atomic mass is 19.3. The van der Waals surface area contributed by atoms with Crippen LogP contribution in [0.1, 0.15) is 20.8 Å². The van der Waals surface area contributed by atoms with Gasteiger partial charge in [0.1, 0.15) is 0 Å². The molecule has 0 rings (SSSR count). The quantitative estimate of drug-likeness (QED) is 0.361. The first-order valence-corrected chi connectivity index (χ1v) is 7.04. The second-order valence-electron chi connectivity index (χ2n) is 5.24. The Morgan fingerprint density at radius 3 is 1.70 bits per heavy atom. The summed E-state index contributed by atoms with van der Waals surface area (Å²) in [6.45, 7) is 3.64. The van der Waals surface area contributed by atoms with Crippen molar-refractivity contribution < 1.29 is 58.9 Å². The van der Waals surface area contributed by atoms with Crippen molar-refractivity contribution >= 4 is 11.9 Å². The van der Waals surface area contributed by atoms with Crippen LogP contribution in [-0.4, -0.2) is 54.5 Å². The Morgan fingerprint density at radius 2 is 1.41 bits per heavy atom. The summed E-state index contributed by atoms with van der Waals surface area (Å²) in [6, 6.07) is 0. The lowest BCUT2D eigenvalue weighted by molar-refractivity contribution is -0.177. The lowest BCUT2D eigenvalue weighted by atomic mass is 10.1. The zero-order chi connectivity index (χ0) is 22.1. The van der Waals surface area contributed by atoms with E-state index in [-0.39, 0.29) is 6.08 Å². The van der Waals surface area contributed by atoms with Crippen molar-refractivity contribution in [2.45, 2.75) is 58.2 Å².